The number of aromatic nitrogens is 7. The number of hydrogen-bond donors (Lipinski definition) is 2. The second-order valence-electron chi connectivity index (χ2n) is 6.10. The van der Waals surface area contributed by atoms with Crippen molar-refractivity contribution >= 4 is 11.7 Å². The lowest BCUT2D eigenvalue weighted by Crippen LogP contribution is -2.29. The first-order chi connectivity index (χ1) is 12.2. The topological polar surface area (TPSA) is 132 Å². The van der Waals surface area contributed by atoms with Crippen LogP contribution in [0.15, 0.2) is 30.7 Å². The molecule has 0 saturated carbocycles. The third-order valence-corrected chi connectivity index (χ3v) is 4.32. The monoisotopic (exact) mass is 339 g/mol. The highest BCUT2D eigenvalue weighted by molar-refractivity contribution is 5.92. The fourth-order valence-electron chi connectivity index (χ4n) is 3.05. The van der Waals surface area contributed by atoms with Gasteiger partial charge in [0.05, 0.1) is 0 Å². The van der Waals surface area contributed by atoms with Gasteiger partial charge in [0.25, 0.3) is 5.91 Å². The summed E-state index contributed by atoms with van der Waals surface area (Å²) in [4.78, 5) is 18.6. The summed E-state index contributed by atoms with van der Waals surface area (Å²) in [5.74, 6) is 1.35. The minimum absolute atomic E-state index is 0.0650. The van der Waals surface area contributed by atoms with Crippen molar-refractivity contribution in [2.24, 2.45) is 5.92 Å². The van der Waals surface area contributed by atoms with Crippen LogP contribution in [0.5, 0.6) is 0 Å². The molecular weight excluding hydrogens is 322 g/mol. The number of amides is 1. The Bertz CT molecular complexity index is 856. The zero-order valence-corrected chi connectivity index (χ0v) is 13.4. The normalized spacial score (nSPS) is 17.1. The minimum Gasteiger partial charge on any atom is -0.384 e. The van der Waals surface area contributed by atoms with Gasteiger partial charge >= 0.3 is 0 Å². The fourth-order valence-corrected chi connectivity index (χ4v) is 3.05. The van der Waals surface area contributed by atoms with Crippen LogP contribution in [-0.4, -0.2) is 59.3 Å². The van der Waals surface area contributed by atoms with Crippen molar-refractivity contribution in [1.82, 2.24) is 40.3 Å². The molecule has 0 spiro atoms. The molecule has 1 fully saturated rings. The van der Waals surface area contributed by atoms with Gasteiger partial charge < -0.3 is 10.6 Å². The Hall–Kier alpha value is -3.30. The summed E-state index contributed by atoms with van der Waals surface area (Å²) in [6.07, 6.45) is 5.07. The van der Waals surface area contributed by atoms with E-state index in [1.807, 2.05) is 11.0 Å². The molecule has 4 heterocycles. The number of hydrogen-bond acceptors (Lipinski definition) is 7. The molecule has 1 amide bonds. The highest BCUT2D eigenvalue weighted by atomic mass is 16.2. The van der Waals surface area contributed by atoms with Crippen LogP contribution in [0, 0.1) is 5.92 Å². The van der Waals surface area contributed by atoms with E-state index in [2.05, 4.69) is 30.7 Å². The third-order valence-electron chi connectivity index (χ3n) is 4.32. The van der Waals surface area contributed by atoms with Crippen molar-refractivity contribution < 1.29 is 4.79 Å². The Balaban J connectivity index is 1.39. The van der Waals surface area contributed by atoms with E-state index >= 15 is 0 Å². The number of nitrogens with one attached hydrogen (secondary N) is 1. The number of nitrogens with two attached hydrogens (primary N) is 1. The van der Waals surface area contributed by atoms with E-state index in [9.17, 15) is 4.79 Å². The van der Waals surface area contributed by atoms with Gasteiger partial charge in [-0.05, 0) is 40.8 Å². The van der Waals surface area contributed by atoms with Crippen molar-refractivity contribution in [3.63, 3.8) is 0 Å². The van der Waals surface area contributed by atoms with Crippen LogP contribution >= 0.6 is 0 Å². The molecule has 0 bridgehead atoms. The van der Waals surface area contributed by atoms with E-state index in [4.69, 9.17) is 5.73 Å². The average molecular weight is 339 g/mol. The summed E-state index contributed by atoms with van der Waals surface area (Å²) in [6.45, 7) is 1.44. The Kier molecular flexibility index (Phi) is 3.84. The molecule has 1 aliphatic rings. The maximum Gasteiger partial charge on any atom is 0.271 e. The SMILES string of the molecule is Nc1ccc(CC2CCN(C(=O)c3cc(-n4cnnn4)n[nH]3)C2)cn1. The maximum atomic E-state index is 12.6. The van der Waals surface area contributed by atoms with Crippen LogP contribution in [0.1, 0.15) is 22.5 Å². The first-order valence-electron chi connectivity index (χ1n) is 7.97. The zero-order valence-electron chi connectivity index (χ0n) is 13.4. The Morgan fingerprint density at radius 2 is 2.32 bits per heavy atom. The lowest BCUT2D eigenvalue weighted by molar-refractivity contribution is 0.0781. The Morgan fingerprint density at radius 3 is 3.08 bits per heavy atom. The van der Waals surface area contributed by atoms with Crippen LogP contribution in [0.4, 0.5) is 5.82 Å². The van der Waals surface area contributed by atoms with E-state index in [1.54, 1.807) is 18.3 Å². The fraction of sp³-hybridized carbons (Fsp3) is 0.333. The van der Waals surface area contributed by atoms with Gasteiger partial charge in [0.1, 0.15) is 17.8 Å². The predicted octanol–water partition coefficient (Wildman–Crippen LogP) is 0.0674. The summed E-state index contributed by atoms with van der Waals surface area (Å²) >= 11 is 0. The highest BCUT2D eigenvalue weighted by Gasteiger charge is 2.28. The van der Waals surface area contributed by atoms with Crippen molar-refractivity contribution in [3.8, 4) is 5.82 Å². The number of anilines is 1. The van der Waals surface area contributed by atoms with Crippen LogP contribution in [0.25, 0.3) is 5.82 Å². The summed E-state index contributed by atoms with van der Waals surface area (Å²) in [7, 11) is 0. The smallest absolute Gasteiger partial charge is 0.271 e. The summed E-state index contributed by atoms with van der Waals surface area (Å²) in [5.41, 5.74) is 7.18. The molecule has 0 radical (unpaired) electrons. The molecule has 0 aliphatic carbocycles. The molecule has 4 rings (SSSR count). The van der Waals surface area contributed by atoms with Gasteiger partial charge in [-0.25, -0.2) is 4.98 Å². The third kappa shape index (κ3) is 3.18. The van der Waals surface area contributed by atoms with Gasteiger partial charge in [0.2, 0.25) is 0 Å². The lowest BCUT2D eigenvalue weighted by atomic mass is 10.00. The minimum atomic E-state index is -0.0650. The number of carbonyl (C=O) groups is 1. The summed E-state index contributed by atoms with van der Waals surface area (Å²) in [5, 5.41) is 17.7. The molecule has 1 saturated heterocycles. The van der Waals surface area contributed by atoms with Gasteiger partial charge in [-0.3, -0.25) is 9.89 Å². The first-order valence-corrected chi connectivity index (χ1v) is 7.97. The molecule has 1 unspecified atom stereocenters. The molecule has 3 aromatic rings. The molecular formula is C15H17N9O. The van der Waals surface area contributed by atoms with Gasteiger partial charge in [-0.1, -0.05) is 6.07 Å². The summed E-state index contributed by atoms with van der Waals surface area (Å²) in [6, 6.07) is 5.44. The second kappa shape index (κ2) is 6.30. The molecule has 3 N–H and O–H groups in total. The number of pyridine rings is 1. The van der Waals surface area contributed by atoms with Gasteiger partial charge in [0, 0.05) is 25.4 Å². The summed E-state index contributed by atoms with van der Waals surface area (Å²) < 4.78 is 1.40. The first kappa shape index (κ1) is 15.2. The molecule has 10 heteroatoms. The van der Waals surface area contributed by atoms with Crippen molar-refractivity contribution in [2.75, 3.05) is 18.8 Å². The molecule has 1 atom stereocenters. The second-order valence-corrected chi connectivity index (χ2v) is 6.10. The number of aromatic amines is 1. The molecule has 10 nitrogen and oxygen atoms in total. The van der Waals surface area contributed by atoms with Crippen LogP contribution in [0.3, 0.4) is 0 Å². The lowest BCUT2D eigenvalue weighted by Gasteiger charge is -2.15. The van der Waals surface area contributed by atoms with E-state index in [1.165, 1.54) is 11.0 Å². The van der Waals surface area contributed by atoms with E-state index < -0.39 is 0 Å². The van der Waals surface area contributed by atoms with E-state index in [0.29, 0.717) is 29.8 Å². The number of tetrazole rings is 1. The average Bonchev–Trinajstić information content (AvgIpc) is 3.37. The molecule has 0 aromatic carbocycles. The Labute approximate surface area is 143 Å². The largest absolute Gasteiger partial charge is 0.384 e. The van der Waals surface area contributed by atoms with Crippen LogP contribution in [0.2, 0.25) is 0 Å². The van der Waals surface area contributed by atoms with E-state index in [0.717, 1.165) is 24.9 Å². The van der Waals surface area contributed by atoms with Gasteiger partial charge in [-0.2, -0.15) is 9.78 Å². The number of nitrogen functional groups attached to an aromatic ring is 1. The number of H-pyrrole nitrogens is 1. The van der Waals surface area contributed by atoms with E-state index in [-0.39, 0.29) is 5.91 Å². The molecule has 3 aromatic heterocycles. The predicted molar refractivity (Wildman–Crippen MR) is 87.7 cm³/mol. The Morgan fingerprint density at radius 1 is 1.40 bits per heavy atom. The van der Waals surface area contributed by atoms with Crippen LogP contribution < -0.4 is 5.73 Å². The molecule has 25 heavy (non-hydrogen) atoms. The van der Waals surface area contributed by atoms with Crippen molar-refractivity contribution in [2.45, 2.75) is 12.8 Å². The molecule has 1 aliphatic heterocycles. The number of nitrogens with zero attached hydrogens (tertiary/aromatic N) is 7. The quantitative estimate of drug-likeness (QED) is 0.687. The number of likely N-dealkylation sites (tertiary alicyclic amines) is 1. The van der Waals surface area contributed by atoms with Crippen LogP contribution in [-0.2, 0) is 6.42 Å². The maximum absolute atomic E-state index is 12.6. The highest BCUT2D eigenvalue weighted by Crippen LogP contribution is 2.22. The van der Waals surface area contributed by atoms with Gasteiger partial charge in [0.15, 0.2) is 5.82 Å². The number of carbonyl (C=O) groups excluding carboxylic acids is 1. The number of rotatable bonds is 4. The molecule has 128 valence electrons. The zero-order chi connectivity index (χ0) is 17.2. The van der Waals surface area contributed by atoms with Crippen molar-refractivity contribution in [1.29, 1.82) is 0 Å². The van der Waals surface area contributed by atoms with Gasteiger partial charge in [-0.15, -0.1) is 5.10 Å². The standard InChI is InChI=1S/C15H17N9O/c16-13-2-1-10(7-17-13)5-11-3-4-23(8-11)15(25)12-6-14(20-19-12)24-9-18-21-22-24/h1-2,6-7,9,11H,3-5,8H2,(H2,16,17)(H,19,20). The van der Waals surface area contributed by atoms with Crippen molar-refractivity contribution in [3.05, 3.63) is 42.0 Å².